The highest BCUT2D eigenvalue weighted by atomic mass is 19.3. The lowest BCUT2D eigenvalue weighted by Gasteiger charge is -2.28. The molecule has 3 saturated carbocycles. The van der Waals surface area contributed by atoms with Crippen molar-refractivity contribution in [1.82, 2.24) is 45.1 Å². The van der Waals surface area contributed by atoms with Crippen molar-refractivity contribution in [1.29, 1.82) is 0 Å². The molecule has 0 radical (unpaired) electrons. The Balaban J connectivity index is 1.26. The third-order valence-electron chi connectivity index (χ3n) is 8.58. The van der Waals surface area contributed by atoms with Gasteiger partial charge in [0.1, 0.15) is 23.5 Å². The molecule has 0 bridgehead atoms. The Hall–Kier alpha value is -3.78. The van der Waals surface area contributed by atoms with Crippen LogP contribution in [0.5, 0.6) is 0 Å². The highest BCUT2D eigenvalue weighted by Gasteiger charge is 2.48. The summed E-state index contributed by atoms with van der Waals surface area (Å²) in [6.45, 7) is 3.80. The Morgan fingerprint density at radius 2 is 1.81 bits per heavy atom. The standard InChI is InChI=1S/C27H35F3N10O2/c1-14(2)39-19(10-11-31-39)26(41)33-23(22(15-6-7-15)16-8-9-16)27(42)32-18-13-38(35-24(18)30)20(12-21(28)29)25-34-36-37-40(25)17-4-3-5-17/h10-11,13-17,20-23H,3-9,12H2,1-2H3,(H,32,42)(H,33,41)/t20?,23-/m0/s1. The number of alkyl halides is 2. The maximum atomic E-state index is 15.2. The molecule has 15 heteroatoms. The van der Waals surface area contributed by atoms with Crippen molar-refractivity contribution in [3.8, 4) is 0 Å². The number of hydrogen-bond acceptors (Lipinski definition) is 7. The first-order chi connectivity index (χ1) is 20.2. The van der Waals surface area contributed by atoms with Gasteiger partial charge < -0.3 is 10.6 Å². The third kappa shape index (κ3) is 5.77. The second-order valence-corrected chi connectivity index (χ2v) is 12.0. The summed E-state index contributed by atoms with van der Waals surface area (Å²) in [5.74, 6) is -1.40. The quantitative estimate of drug-likeness (QED) is 0.309. The molecule has 42 heavy (non-hydrogen) atoms. The van der Waals surface area contributed by atoms with E-state index in [1.807, 2.05) is 13.8 Å². The Morgan fingerprint density at radius 3 is 2.40 bits per heavy atom. The van der Waals surface area contributed by atoms with Crippen molar-refractivity contribution in [2.45, 2.75) is 95.8 Å². The zero-order valence-corrected chi connectivity index (χ0v) is 23.5. The molecular weight excluding hydrogens is 553 g/mol. The van der Waals surface area contributed by atoms with Gasteiger partial charge in [-0.3, -0.25) is 19.0 Å². The zero-order chi connectivity index (χ0) is 29.5. The Bertz CT molecular complexity index is 1410. The van der Waals surface area contributed by atoms with Crippen molar-refractivity contribution < 1.29 is 22.8 Å². The minimum atomic E-state index is -2.73. The van der Waals surface area contributed by atoms with Crippen LogP contribution in [0.15, 0.2) is 18.5 Å². The smallest absolute Gasteiger partial charge is 0.270 e. The van der Waals surface area contributed by atoms with Crippen LogP contribution in [0.2, 0.25) is 0 Å². The molecule has 3 aliphatic rings. The fourth-order valence-corrected chi connectivity index (χ4v) is 5.98. The normalized spacial score (nSPS) is 18.9. The Morgan fingerprint density at radius 1 is 1.10 bits per heavy atom. The van der Waals surface area contributed by atoms with Crippen LogP contribution in [0.25, 0.3) is 0 Å². The van der Waals surface area contributed by atoms with Crippen molar-refractivity contribution in [3.63, 3.8) is 0 Å². The monoisotopic (exact) mass is 588 g/mol. The molecule has 12 nitrogen and oxygen atoms in total. The van der Waals surface area contributed by atoms with Gasteiger partial charge in [-0.2, -0.15) is 9.49 Å². The first kappa shape index (κ1) is 28.3. The predicted octanol–water partition coefficient (Wildman–Crippen LogP) is 3.93. The third-order valence-corrected chi connectivity index (χ3v) is 8.58. The summed E-state index contributed by atoms with van der Waals surface area (Å²) in [5.41, 5.74) is 0.0601. The van der Waals surface area contributed by atoms with Crippen molar-refractivity contribution in [2.24, 2.45) is 17.8 Å². The van der Waals surface area contributed by atoms with E-state index in [0.29, 0.717) is 5.69 Å². The van der Waals surface area contributed by atoms with Crippen molar-refractivity contribution in [3.05, 3.63) is 35.9 Å². The number of nitrogens with one attached hydrogen (secondary N) is 2. The zero-order valence-electron chi connectivity index (χ0n) is 23.5. The SMILES string of the molecule is CC(C)n1nccc1C(=O)N[C@H](C(=O)Nc1cn(C(CC(F)F)c2nnnn2C2CCC2)nc1F)C(C1CC1)C1CC1. The molecule has 3 aromatic heterocycles. The van der Waals surface area contributed by atoms with Crippen LogP contribution in [-0.4, -0.2) is 64.0 Å². The second-order valence-electron chi connectivity index (χ2n) is 12.0. The number of aromatic nitrogens is 8. The number of nitrogens with zero attached hydrogens (tertiary/aromatic N) is 8. The number of amides is 2. The summed E-state index contributed by atoms with van der Waals surface area (Å²) < 4.78 is 46.6. The van der Waals surface area contributed by atoms with E-state index >= 15 is 4.39 Å². The lowest BCUT2D eigenvalue weighted by Crippen LogP contribution is -2.50. The van der Waals surface area contributed by atoms with Gasteiger partial charge >= 0.3 is 0 Å². The summed E-state index contributed by atoms with van der Waals surface area (Å²) in [5, 5.41) is 25.2. The Kier molecular flexibility index (Phi) is 7.75. The van der Waals surface area contributed by atoms with E-state index in [1.165, 1.54) is 17.1 Å². The molecule has 3 fully saturated rings. The van der Waals surface area contributed by atoms with Gasteiger partial charge in [-0.1, -0.05) is 0 Å². The highest BCUT2D eigenvalue weighted by molar-refractivity contribution is 6.00. The average molecular weight is 589 g/mol. The first-order valence-electron chi connectivity index (χ1n) is 14.7. The second kappa shape index (κ2) is 11.5. The van der Waals surface area contributed by atoms with Crippen LogP contribution < -0.4 is 10.6 Å². The van der Waals surface area contributed by atoms with E-state index in [2.05, 4.69) is 36.4 Å². The molecule has 2 N–H and O–H groups in total. The van der Waals surface area contributed by atoms with Gasteiger partial charge in [0.2, 0.25) is 12.3 Å². The lowest BCUT2D eigenvalue weighted by atomic mass is 9.88. The fraction of sp³-hybridized carbons (Fsp3) is 0.667. The number of halogens is 3. The van der Waals surface area contributed by atoms with E-state index < -0.39 is 42.7 Å². The average Bonchev–Trinajstić information content (AvgIpc) is 3.79. The summed E-state index contributed by atoms with van der Waals surface area (Å²) in [7, 11) is 0. The first-order valence-corrected chi connectivity index (χ1v) is 14.7. The maximum Gasteiger partial charge on any atom is 0.270 e. The van der Waals surface area contributed by atoms with Crippen LogP contribution in [0.3, 0.4) is 0 Å². The van der Waals surface area contributed by atoms with Gasteiger partial charge in [-0.05, 0) is 93.0 Å². The van der Waals surface area contributed by atoms with Crippen molar-refractivity contribution >= 4 is 17.5 Å². The van der Waals surface area contributed by atoms with E-state index in [4.69, 9.17) is 0 Å². The van der Waals surface area contributed by atoms with Crippen LogP contribution in [-0.2, 0) is 4.79 Å². The molecule has 0 aliphatic heterocycles. The van der Waals surface area contributed by atoms with Gasteiger partial charge in [0, 0.05) is 18.7 Å². The molecule has 1 unspecified atom stereocenters. The molecule has 0 saturated heterocycles. The van der Waals surface area contributed by atoms with Crippen LogP contribution in [0, 0.1) is 23.7 Å². The number of anilines is 1. The number of carbonyl (C=O) groups excluding carboxylic acids is 2. The summed E-state index contributed by atoms with van der Waals surface area (Å²) in [6.07, 6.45) is 5.77. The minimum Gasteiger partial charge on any atom is -0.339 e. The molecule has 3 heterocycles. The van der Waals surface area contributed by atoms with Crippen LogP contribution in [0.1, 0.15) is 99.7 Å². The molecule has 0 aromatic carbocycles. The number of tetrazole rings is 1. The molecule has 226 valence electrons. The molecule has 2 atom stereocenters. The van der Waals surface area contributed by atoms with Gasteiger partial charge in [0.25, 0.3) is 11.9 Å². The summed E-state index contributed by atoms with van der Waals surface area (Å²) in [6, 6.07) is -0.538. The van der Waals surface area contributed by atoms with Gasteiger partial charge in [0.15, 0.2) is 5.82 Å². The van der Waals surface area contributed by atoms with E-state index in [-0.39, 0.29) is 41.3 Å². The fourth-order valence-electron chi connectivity index (χ4n) is 5.98. The molecule has 3 aliphatic carbocycles. The maximum absolute atomic E-state index is 15.2. The van der Waals surface area contributed by atoms with Gasteiger partial charge in [-0.15, -0.1) is 10.2 Å². The largest absolute Gasteiger partial charge is 0.339 e. The molecule has 0 spiro atoms. The number of rotatable bonds is 13. The molecular formula is C27H35F3N10O2. The van der Waals surface area contributed by atoms with Gasteiger partial charge in [-0.25, -0.2) is 13.5 Å². The topological polar surface area (TPSA) is 137 Å². The number of carbonyl (C=O) groups is 2. The lowest BCUT2D eigenvalue weighted by molar-refractivity contribution is -0.119. The predicted molar refractivity (Wildman–Crippen MR) is 143 cm³/mol. The van der Waals surface area contributed by atoms with E-state index in [0.717, 1.165) is 49.6 Å². The van der Waals surface area contributed by atoms with E-state index in [1.54, 1.807) is 10.7 Å². The highest BCUT2D eigenvalue weighted by Crippen LogP contribution is 2.51. The number of hydrogen-bond donors (Lipinski definition) is 2. The molecule has 3 aromatic rings. The van der Waals surface area contributed by atoms with E-state index in [9.17, 15) is 18.4 Å². The van der Waals surface area contributed by atoms with Crippen LogP contribution in [0.4, 0.5) is 18.9 Å². The molecule has 6 rings (SSSR count). The summed E-state index contributed by atoms with van der Waals surface area (Å²) >= 11 is 0. The van der Waals surface area contributed by atoms with Gasteiger partial charge in [0.05, 0.1) is 12.2 Å². The molecule has 2 amide bonds. The van der Waals surface area contributed by atoms with Crippen molar-refractivity contribution in [2.75, 3.05) is 5.32 Å². The summed E-state index contributed by atoms with van der Waals surface area (Å²) in [4.78, 5) is 27.1. The Labute approximate surface area is 240 Å². The minimum absolute atomic E-state index is 0.00657. The van der Waals surface area contributed by atoms with Crippen LogP contribution >= 0.6 is 0 Å².